The van der Waals surface area contributed by atoms with Crippen LogP contribution in [0.25, 0.3) is 11.4 Å². The first-order chi connectivity index (χ1) is 12.7. The molecule has 0 unspecified atom stereocenters. The van der Waals surface area contributed by atoms with Gasteiger partial charge in [-0.05, 0) is 24.3 Å². The Bertz CT molecular complexity index is 889. The minimum atomic E-state index is -0.336. The maximum atomic E-state index is 13.0. The molecule has 26 heavy (non-hydrogen) atoms. The summed E-state index contributed by atoms with van der Waals surface area (Å²) in [4.78, 5) is 21.1. The van der Waals surface area contributed by atoms with Crippen LogP contribution in [0.15, 0.2) is 54.6 Å². The maximum Gasteiger partial charge on any atom is 0.253 e. The highest BCUT2D eigenvalue weighted by Crippen LogP contribution is 2.25. The fourth-order valence-electron chi connectivity index (χ4n) is 2.92. The van der Waals surface area contributed by atoms with E-state index < -0.39 is 0 Å². The molecule has 0 atom stereocenters. The van der Waals surface area contributed by atoms with Crippen LogP contribution in [0, 0.1) is 5.82 Å². The predicted molar refractivity (Wildman–Crippen MR) is 99.9 cm³/mol. The molecule has 0 saturated carbocycles. The van der Waals surface area contributed by atoms with Crippen LogP contribution in [0.4, 0.5) is 9.52 Å². The van der Waals surface area contributed by atoms with Gasteiger partial charge in [-0.1, -0.05) is 30.3 Å². The molecular weight excluding hydrogens is 351 g/mol. The van der Waals surface area contributed by atoms with Crippen LogP contribution in [0.1, 0.15) is 10.4 Å². The molecule has 1 amide bonds. The molecular formula is C19H17FN4OS. The van der Waals surface area contributed by atoms with Crippen molar-refractivity contribution in [1.82, 2.24) is 14.3 Å². The zero-order valence-corrected chi connectivity index (χ0v) is 14.8. The van der Waals surface area contributed by atoms with Crippen molar-refractivity contribution >= 4 is 22.6 Å². The Morgan fingerprint density at radius 3 is 2.35 bits per heavy atom. The lowest BCUT2D eigenvalue weighted by atomic mass is 10.2. The van der Waals surface area contributed by atoms with E-state index in [1.165, 1.54) is 35.8 Å². The number of anilines is 1. The van der Waals surface area contributed by atoms with E-state index in [-0.39, 0.29) is 11.7 Å². The zero-order valence-electron chi connectivity index (χ0n) is 14.0. The molecule has 3 aromatic rings. The van der Waals surface area contributed by atoms with E-state index in [9.17, 15) is 9.18 Å². The van der Waals surface area contributed by atoms with Crippen LogP contribution in [0.2, 0.25) is 0 Å². The number of nitrogens with zero attached hydrogens (tertiary/aromatic N) is 4. The van der Waals surface area contributed by atoms with Gasteiger partial charge in [-0.15, -0.1) is 0 Å². The van der Waals surface area contributed by atoms with E-state index in [0.29, 0.717) is 31.7 Å². The van der Waals surface area contributed by atoms with E-state index in [0.717, 1.165) is 16.5 Å². The molecule has 0 spiro atoms. The Morgan fingerprint density at radius 2 is 1.65 bits per heavy atom. The summed E-state index contributed by atoms with van der Waals surface area (Å²) in [6.45, 7) is 2.62. The standard InChI is InChI=1S/C19H17FN4OS/c20-16-8-6-15(7-9-16)18(25)23-10-12-24(13-11-23)19-21-17(22-26-19)14-4-2-1-3-5-14/h1-9H,10-13H2. The van der Waals surface area contributed by atoms with Crippen molar-refractivity contribution in [3.63, 3.8) is 0 Å². The van der Waals surface area contributed by atoms with Gasteiger partial charge in [-0.3, -0.25) is 4.79 Å². The quantitative estimate of drug-likeness (QED) is 0.712. The predicted octanol–water partition coefficient (Wildman–Crippen LogP) is 3.31. The van der Waals surface area contributed by atoms with Crippen molar-refractivity contribution < 1.29 is 9.18 Å². The van der Waals surface area contributed by atoms with Crippen LogP contribution < -0.4 is 4.90 Å². The first-order valence-corrected chi connectivity index (χ1v) is 9.17. The molecule has 5 nitrogen and oxygen atoms in total. The maximum absolute atomic E-state index is 13.0. The first kappa shape index (κ1) is 16.7. The molecule has 1 aliphatic heterocycles. The number of halogens is 1. The molecule has 2 aromatic carbocycles. The summed E-state index contributed by atoms with van der Waals surface area (Å²) in [6.07, 6.45) is 0. The van der Waals surface area contributed by atoms with Crippen molar-refractivity contribution in [3.8, 4) is 11.4 Å². The lowest BCUT2D eigenvalue weighted by Crippen LogP contribution is -2.48. The number of rotatable bonds is 3. The smallest absolute Gasteiger partial charge is 0.253 e. The molecule has 1 aliphatic rings. The molecule has 1 saturated heterocycles. The molecule has 2 heterocycles. The average molecular weight is 368 g/mol. The number of piperazine rings is 1. The molecule has 0 aliphatic carbocycles. The van der Waals surface area contributed by atoms with Crippen molar-refractivity contribution in [2.45, 2.75) is 0 Å². The van der Waals surface area contributed by atoms with Crippen molar-refractivity contribution in [2.24, 2.45) is 0 Å². The summed E-state index contributed by atoms with van der Waals surface area (Å²) in [5.74, 6) is 0.333. The monoisotopic (exact) mass is 368 g/mol. The molecule has 132 valence electrons. The largest absolute Gasteiger partial charge is 0.343 e. The second kappa shape index (κ2) is 7.21. The first-order valence-electron chi connectivity index (χ1n) is 8.39. The van der Waals surface area contributed by atoms with Gasteiger partial charge in [0.25, 0.3) is 5.91 Å². The molecule has 1 fully saturated rings. The second-order valence-electron chi connectivity index (χ2n) is 6.05. The topological polar surface area (TPSA) is 49.3 Å². The highest BCUT2D eigenvalue weighted by atomic mass is 32.1. The lowest BCUT2D eigenvalue weighted by molar-refractivity contribution is 0.0746. The van der Waals surface area contributed by atoms with Gasteiger partial charge in [0.1, 0.15) is 5.82 Å². The van der Waals surface area contributed by atoms with Crippen LogP contribution in [0.3, 0.4) is 0 Å². The molecule has 0 N–H and O–H groups in total. The SMILES string of the molecule is O=C(c1ccc(F)cc1)N1CCN(c2nc(-c3ccccc3)ns2)CC1. The van der Waals surface area contributed by atoms with Gasteiger partial charge >= 0.3 is 0 Å². The summed E-state index contributed by atoms with van der Waals surface area (Å²) in [7, 11) is 0. The second-order valence-corrected chi connectivity index (χ2v) is 6.78. The van der Waals surface area contributed by atoms with Crippen LogP contribution in [-0.4, -0.2) is 46.3 Å². The fourth-order valence-corrected chi connectivity index (χ4v) is 3.66. The van der Waals surface area contributed by atoms with E-state index in [4.69, 9.17) is 0 Å². The minimum Gasteiger partial charge on any atom is -0.343 e. The molecule has 7 heteroatoms. The van der Waals surface area contributed by atoms with E-state index in [1.54, 1.807) is 4.90 Å². The number of aromatic nitrogens is 2. The summed E-state index contributed by atoms with van der Waals surface area (Å²) in [5, 5.41) is 0.873. The number of amides is 1. The van der Waals surface area contributed by atoms with Gasteiger partial charge in [-0.25, -0.2) is 4.39 Å². The average Bonchev–Trinajstić information content (AvgIpc) is 3.19. The fraction of sp³-hybridized carbons (Fsp3) is 0.211. The number of hydrogen-bond acceptors (Lipinski definition) is 5. The third-order valence-electron chi connectivity index (χ3n) is 4.38. The van der Waals surface area contributed by atoms with Gasteiger partial charge in [0.05, 0.1) is 0 Å². The van der Waals surface area contributed by atoms with E-state index in [2.05, 4.69) is 14.3 Å². The van der Waals surface area contributed by atoms with Gasteiger partial charge in [0.15, 0.2) is 5.82 Å². The minimum absolute atomic E-state index is 0.0631. The van der Waals surface area contributed by atoms with Crippen molar-refractivity contribution in [1.29, 1.82) is 0 Å². The summed E-state index contributed by atoms with van der Waals surface area (Å²) >= 11 is 1.38. The van der Waals surface area contributed by atoms with Crippen LogP contribution in [0.5, 0.6) is 0 Å². The summed E-state index contributed by atoms with van der Waals surface area (Å²) in [5.41, 5.74) is 1.52. The van der Waals surface area contributed by atoms with Gasteiger partial charge < -0.3 is 9.80 Å². The Labute approximate surface area is 154 Å². The zero-order chi connectivity index (χ0) is 17.9. The van der Waals surface area contributed by atoms with E-state index in [1.807, 2.05) is 30.3 Å². The van der Waals surface area contributed by atoms with Crippen molar-refractivity contribution in [3.05, 3.63) is 66.0 Å². The molecule has 1 aromatic heterocycles. The number of hydrogen-bond donors (Lipinski definition) is 0. The van der Waals surface area contributed by atoms with Gasteiger partial charge in [0, 0.05) is 48.8 Å². The Balaban J connectivity index is 1.40. The highest BCUT2D eigenvalue weighted by molar-refractivity contribution is 7.09. The van der Waals surface area contributed by atoms with Crippen LogP contribution >= 0.6 is 11.5 Å². The summed E-state index contributed by atoms with van der Waals surface area (Å²) < 4.78 is 17.5. The third kappa shape index (κ3) is 3.43. The van der Waals surface area contributed by atoms with Gasteiger partial charge in [-0.2, -0.15) is 9.36 Å². The Morgan fingerprint density at radius 1 is 0.962 bits per heavy atom. The third-order valence-corrected chi connectivity index (χ3v) is 5.15. The van der Waals surface area contributed by atoms with Gasteiger partial charge in [0.2, 0.25) is 5.13 Å². The number of benzene rings is 2. The highest BCUT2D eigenvalue weighted by Gasteiger charge is 2.24. The molecule has 0 radical (unpaired) electrons. The van der Waals surface area contributed by atoms with Crippen molar-refractivity contribution in [2.75, 3.05) is 31.1 Å². The Kier molecular flexibility index (Phi) is 4.62. The normalized spacial score (nSPS) is 14.5. The molecule has 0 bridgehead atoms. The lowest BCUT2D eigenvalue weighted by Gasteiger charge is -2.34. The summed E-state index contributed by atoms with van der Waals surface area (Å²) in [6, 6.07) is 15.6. The number of carbonyl (C=O) groups excluding carboxylic acids is 1. The number of carbonyl (C=O) groups is 1. The van der Waals surface area contributed by atoms with Crippen LogP contribution in [-0.2, 0) is 0 Å². The van der Waals surface area contributed by atoms with E-state index >= 15 is 0 Å². The Hall–Kier alpha value is -2.80. The molecule has 4 rings (SSSR count).